The van der Waals surface area contributed by atoms with E-state index in [1.807, 2.05) is 6.08 Å². The van der Waals surface area contributed by atoms with Gasteiger partial charge in [-0.2, -0.15) is 0 Å². The summed E-state index contributed by atoms with van der Waals surface area (Å²) in [5.74, 6) is 0. The predicted octanol–water partition coefficient (Wildman–Crippen LogP) is 7.31. The van der Waals surface area contributed by atoms with E-state index in [0.29, 0.717) is 0 Å². The Labute approximate surface area is 169 Å². The summed E-state index contributed by atoms with van der Waals surface area (Å²) in [6.45, 7) is 6.29. The third kappa shape index (κ3) is 2.65. The van der Waals surface area contributed by atoms with Crippen LogP contribution in [0.15, 0.2) is 114 Å². The van der Waals surface area contributed by atoms with Gasteiger partial charge in [0.05, 0.1) is 5.41 Å². The van der Waals surface area contributed by atoms with Crippen LogP contribution in [-0.4, -0.2) is 0 Å². The van der Waals surface area contributed by atoms with Crippen LogP contribution < -0.4 is 0 Å². The van der Waals surface area contributed by atoms with E-state index in [4.69, 9.17) is 0 Å². The van der Waals surface area contributed by atoms with Crippen LogP contribution in [0.2, 0.25) is 0 Å². The van der Waals surface area contributed by atoms with Crippen LogP contribution >= 0.6 is 15.9 Å². The van der Waals surface area contributed by atoms with Crippen molar-refractivity contribution in [1.82, 2.24) is 0 Å². The van der Waals surface area contributed by atoms with Gasteiger partial charge in [-0.3, -0.25) is 0 Å². The lowest BCUT2D eigenvalue weighted by Gasteiger charge is -2.34. The van der Waals surface area contributed by atoms with E-state index in [2.05, 4.69) is 120 Å². The first kappa shape index (κ1) is 17.8. The number of fused-ring (bicyclic) bond motifs is 1. The molecule has 0 bridgehead atoms. The maximum atomic E-state index is 4.22. The molecule has 0 aromatic heterocycles. The zero-order chi connectivity index (χ0) is 18.9. The summed E-state index contributed by atoms with van der Waals surface area (Å²) in [4.78, 5) is 0. The third-order valence-corrected chi connectivity index (χ3v) is 5.81. The molecule has 0 nitrogen and oxygen atoms in total. The minimum absolute atomic E-state index is 0.377. The molecule has 1 aliphatic rings. The van der Waals surface area contributed by atoms with Gasteiger partial charge in [-0.1, -0.05) is 107 Å². The van der Waals surface area contributed by atoms with Crippen molar-refractivity contribution in [1.29, 1.82) is 0 Å². The molecule has 0 unspecified atom stereocenters. The highest BCUT2D eigenvalue weighted by Crippen LogP contribution is 2.55. The van der Waals surface area contributed by atoms with Gasteiger partial charge in [0.1, 0.15) is 0 Å². The van der Waals surface area contributed by atoms with Crippen LogP contribution in [0.5, 0.6) is 0 Å². The quantitative estimate of drug-likeness (QED) is 0.421. The molecule has 1 heteroatoms. The molecule has 132 valence electrons. The molecule has 27 heavy (non-hydrogen) atoms. The first-order chi connectivity index (χ1) is 13.2. The number of hydrogen-bond donors (Lipinski definition) is 0. The number of benzene rings is 3. The van der Waals surface area contributed by atoms with E-state index in [1.54, 1.807) is 0 Å². The average molecular weight is 413 g/mol. The van der Waals surface area contributed by atoms with E-state index >= 15 is 0 Å². The highest BCUT2D eigenvalue weighted by Gasteiger charge is 2.46. The topological polar surface area (TPSA) is 0 Å². The SMILES string of the molecule is C=CC1=C(/C=C\C)c2ccc(Br)cc2C1(c1ccccc1)c1ccccc1. The average Bonchev–Trinajstić information content (AvgIpc) is 2.99. The highest BCUT2D eigenvalue weighted by molar-refractivity contribution is 9.10. The second-order valence-corrected chi connectivity index (χ2v) is 7.62. The Bertz CT molecular complexity index is 1000. The minimum atomic E-state index is -0.377. The van der Waals surface area contributed by atoms with Crippen molar-refractivity contribution in [3.63, 3.8) is 0 Å². The van der Waals surface area contributed by atoms with Crippen molar-refractivity contribution >= 4 is 21.5 Å². The molecule has 0 atom stereocenters. The largest absolute Gasteiger partial charge is 0.0987 e. The van der Waals surface area contributed by atoms with Gasteiger partial charge in [0, 0.05) is 4.47 Å². The van der Waals surface area contributed by atoms with Gasteiger partial charge < -0.3 is 0 Å². The summed E-state index contributed by atoms with van der Waals surface area (Å²) in [5, 5.41) is 0. The number of rotatable bonds is 4. The predicted molar refractivity (Wildman–Crippen MR) is 119 cm³/mol. The van der Waals surface area contributed by atoms with Crippen LogP contribution in [0.4, 0.5) is 0 Å². The lowest BCUT2D eigenvalue weighted by atomic mass is 9.67. The standard InChI is InChI=1S/C26H21Br/c1-3-11-22-23-17-16-21(27)18-25(23)26(24(22)4-2,19-12-7-5-8-13-19)20-14-9-6-10-15-20/h3-18H,2H2,1H3/b11-3-. The second-order valence-electron chi connectivity index (χ2n) is 6.70. The summed E-state index contributed by atoms with van der Waals surface area (Å²) in [5.41, 5.74) is 7.15. The Kier molecular flexibility index (Phi) is 4.72. The van der Waals surface area contributed by atoms with Crippen LogP contribution in [0.3, 0.4) is 0 Å². The van der Waals surface area contributed by atoms with Gasteiger partial charge in [0.2, 0.25) is 0 Å². The van der Waals surface area contributed by atoms with E-state index in [1.165, 1.54) is 33.4 Å². The van der Waals surface area contributed by atoms with Gasteiger partial charge in [-0.15, -0.1) is 0 Å². The van der Waals surface area contributed by atoms with Crippen molar-refractivity contribution in [2.45, 2.75) is 12.3 Å². The normalized spacial score (nSPS) is 15.2. The lowest BCUT2D eigenvalue weighted by Crippen LogP contribution is -2.29. The maximum Gasteiger partial charge on any atom is 0.0713 e. The van der Waals surface area contributed by atoms with Crippen LogP contribution in [-0.2, 0) is 5.41 Å². The zero-order valence-corrected chi connectivity index (χ0v) is 16.9. The molecule has 3 aromatic carbocycles. The van der Waals surface area contributed by atoms with Crippen LogP contribution in [0, 0.1) is 0 Å². The van der Waals surface area contributed by atoms with E-state index in [0.717, 1.165) is 4.47 Å². The van der Waals surface area contributed by atoms with Crippen molar-refractivity contribution in [2.24, 2.45) is 0 Å². The molecule has 0 saturated carbocycles. The van der Waals surface area contributed by atoms with E-state index < -0.39 is 0 Å². The van der Waals surface area contributed by atoms with E-state index in [-0.39, 0.29) is 5.41 Å². The first-order valence-corrected chi connectivity index (χ1v) is 9.94. The zero-order valence-electron chi connectivity index (χ0n) is 15.3. The summed E-state index contributed by atoms with van der Waals surface area (Å²) in [6, 6.07) is 28.1. The minimum Gasteiger partial charge on any atom is -0.0987 e. The summed E-state index contributed by atoms with van der Waals surface area (Å²) in [6.07, 6.45) is 6.34. The lowest BCUT2D eigenvalue weighted by molar-refractivity contribution is 0.761. The summed E-state index contributed by atoms with van der Waals surface area (Å²) < 4.78 is 1.09. The molecule has 0 fully saturated rings. The Hall–Kier alpha value is -2.64. The van der Waals surface area contributed by atoms with Crippen LogP contribution in [0.1, 0.15) is 29.2 Å². The summed E-state index contributed by atoms with van der Waals surface area (Å²) >= 11 is 3.70. The van der Waals surface area contributed by atoms with Crippen LogP contribution in [0.25, 0.3) is 5.57 Å². The second kappa shape index (κ2) is 7.17. The number of halogens is 1. The highest BCUT2D eigenvalue weighted by atomic mass is 79.9. The van der Waals surface area contributed by atoms with Crippen molar-refractivity contribution in [3.05, 3.63) is 136 Å². The maximum absolute atomic E-state index is 4.22. The third-order valence-electron chi connectivity index (χ3n) is 5.32. The molecule has 0 heterocycles. The van der Waals surface area contributed by atoms with E-state index in [9.17, 15) is 0 Å². The smallest absolute Gasteiger partial charge is 0.0713 e. The fourth-order valence-corrected chi connectivity index (χ4v) is 4.69. The van der Waals surface area contributed by atoms with Crippen molar-refractivity contribution in [2.75, 3.05) is 0 Å². The molecule has 4 rings (SSSR count). The van der Waals surface area contributed by atoms with Crippen molar-refractivity contribution < 1.29 is 0 Å². The fraction of sp³-hybridized carbons (Fsp3) is 0.0769. The molecular weight excluding hydrogens is 392 g/mol. The molecule has 0 aliphatic heterocycles. The molecule has 0 saturated heterocycles. The monoisotopic (exact) mass is 412 g/mol. The Balaban J connectivity index is 2.21. The molecule has 3 aromatic rings. The Morgan fingerprint density at radius 3 is 1.96 bits per heavy atom. The molecule has 0 N–H and O–H groups in total. The number of allylic oxidation sites excluding steroid dienone is 5. The molecule has 1 aliphatic carbocycles. The first-order valence-electron chi connectivity index (χ1n) is 9.14. The summed E-state index contributed by atoms with van der Waals surface area (Å²) in [7, 11) is 0. The number of hydrogen-bond acceptors (Lipinski definition) is 0. The molecule has 0 amide bonds. The Morgan fingerprint density at radius 1 is 0.852 bits per heavy atom. The Morgan fingerprint density at radius 2 is 1.44 bits per heavy atom. The van der Waals surface area contributed by atoms with Gasteiger partial charge in [0.25, 0.3) is 0 Å². The fourth-order valence-electron chi connectivity index (χ4n) is 4.33. The van der Waals surface area contributed by atoms with Gasteiger partial charge in [-0.05, 0) is 52.5 Å². The molecular formula is C26H21Br. The van der Waals surface area contributed by atoms with Crippen molar-refractivity contribution in [3.8, 4) is 0 Å². The van der Waals surface area contributed by atoms with Gasteiger partial charge >= 0.3 is 0 Å². The van der Waals surface area contributed by atoms with Gasteiger partial charge in [0.15, 0.2) is 0 Å². The molecule has 0 radical (unpaired) electrons. The van der Waals surface area contributed by atoms with Gasteiger partial charge in [-0.25, -0.2) is 0 Å². The molecule has 0 spiro atoms.